The molecule has 0 saturated heterocycles. The van der Waals surface area contributed by atoms with Crippen molar-refractivity contribution in [3.63, 3.8) is 0 Å². The van der Waals surface area contributed by atoms with Crippen LogP contribution in [0.4, 0.5) is 0 Å². The molecule has 0 saturated carbocycles. The second-order valence-corrected chi connectivity index (χ2v) is 5.40. The van der Waals surface area contributed by atoms with Gasteiger partial charge in [-0.3, -0.25) is 4.18 Å². The molecule has 0 aromatic heterocycles. The van der Waals surface area contributed by atoms with Gasteiger partial charge in [0.25, 0.3) is 0 Å². The summed E-state index contributed by atoms with van der Waals surface area (Å²) in [5.41, 5.74) is 0.385. The normalized spacial score (nSPS) is 15.6. The van der Waals surface area contributed by atoms with E-state index in [4.69, 9.17) is 28.3 Å². The van der Waals surface area contributed by atoms with E-state index in [1.807, 2.05) is 0 Å². The fourth-order valence-electron chi connectivity index (χ4n) is 1.23. The van der Waals surface area contributed by atoms with Crippen LogP contribution in [0.2, 0.25) is 10.0 Å². The molecule has 1 aromatic carbocycles. The van der Waals surface area contributed by atoms with Crippen LogP contribution in [-0.4, -0.2) is 19.6 Å². The SMILES string of the molecule is C[C@@H](OS(N)(=O)=O)[C@H](O)c1ccc(Cl)c(Cl)c1. The predicted molar refractivity (Wildman–Crippen MR) is 65.1 cm³/mol. The molecule has 0 amide bonds. The summed E-state index contributed by atoms with van der Waals surface area (Å²) in [6.07, 6.45) is -2.20. The molecule has 96 valence electrons. The maximum Gasteiger partial charge on any atom is 0.333 e. The Balaban J connectivity index is 2.88. The lowest BCUT2D eigenvalue weighted by Gasteiger charge is -2.18. The zero-order valence-electron chi connectivity index (χ0n) is 8.80. The second kappa shape index (κ2) is 5.51. The van der Waals surface area contributed by atoms with Crippen molar-refractivity contribution in [1.29, 1.82) is 0 Å². The van der Waals surface area contributed by atoms with E-state index in [1.165, 1.54) is 25.1 Å². The first-order valence-corrected chi connectivity index (χ1v) is 6.77. The quantitative estimate of drug-likeness (QED) is 0.884. The lowest BCUT2D eigenvalue weighted by Crippen LogP contribution is -2.26. The molecule has 17 heavy (non-hydrogen) atoms. The Kier molecular flexibility index (Phi) is 4.77. The fraction of sp³-hybridized carbons (Fsp3) is 0.333. The third-order valence-corrected chi connectivity index (χ3v) is 3.33. The van der Waals surface area contributed by atoms with E-state index in [9.17, 15) is 13.5 Å². The van der Waals surface area contributed by atoms with Crippen LogP contribution in [-0.2, 0) is 14.5 Å². The molecule has 1 aromatic rings. The molecule has 0 aliphatic rings. The van der Waals surface area contributed by atoms with Crippen molar-refractivity contribution in [3.8, 4) is 0 Å². The van der Waals surface area contributed by atoms with Gasteiger partial charge in [0.1, 0.15) is 12.2 Å². The first-order chi connectivity index (χ1) is 7.70. The van der Waals surface area contributed by atoms with Crippen LogP contribution in [0.5, 0.6) is 0 Å². The summed E-state index contributed by atoms with van der Waals surface area (Å²) >= 11 is 11.5. The highest BCUT2D eigenvalue weighted by Crippen LogP contribution is 2.27. The lowest BCUT2D eigenvalue weighted by molar-refractivity contribution is 0.0508. The van der Waals surface area contributed by atoms with Gasteiger partial charge in [0, 0.05) is 0 Å². The molecule has 0 fully saturated rings. The van der Waals surface area contributed by atoms with Gasteiger partial charge in [-0.05, 0) is 24.6 Å². The lowest BCUT2D eigenvalue weighted by atomic mass is 10.1. The number of hydrogen-bond donors (Lipinski definition) is 2. The Hall–Kier alpha value is -0.370. The van der Waals surface area contributed by atoms with Gasteiger partial charge in [-0.15, -0.1) is 0 Å². The predicted octanol–water partition coefficient (Wildman–Crippen LogP) is 1.64. The maximum atomic E-state index is 10.7. The van der Waals surface area contributed by atoms with Gasteiger partial charge in [-0.2, -0.15) is 8.42 Å². The summed E-state index contributed by atoms with van der Waals surface area (Å²) < 4.78 is 25.8. The topological polar surface area (TPSA) is 89.6 Å². The number of rotatable bonds is 4. The third kappa shape index (κ3) is 4.42. The van der Waals surface area contributed by atoms with Gasteiger partial charge >= 0.3 is 10.3 Å². The van der Waals surface area contributed by atoms with Crippen molar-refractivity contribution in [2.75, 3.05) is 0 Å². The first-order valence-electron chi connectivity index (χ1n) is 4.54. The van der Waals surface area contributed by atoms with Crippen molar-refractivity contribution in [2.45, 2.75) is 19.1 Å². The van der Waals surface area contributed by atoms with Gasteiger partial charge in [-0.25, -0.2) is 5.14 Å². The molecule has 0 heterocycles. The summed E-state index contributed by atoms with van der Waals surface area (Å²) in [4.78, 5) is 0. The number of halogens is 2. The largest absolute Gasteiger partial charge is 0.386 e. The molecular formula is C9H11Cl2NO4S. The van der Waals surface area contributed by atoms with Crippen LogP contribution < -0.4 is 5.14 Å². The van der Waals surface area contributed by atoms with E-state index in [0.717, 1.165) is 0 Å². The highest BCUT2D eigenvalue weighted by atomic mass is 35.5. The summed E-state index contributed by atoms with van der Waals surface area (Å²) in [6.45, 7) is 1.37. The molecule has 0 unspecified atom stereocenters. The standard InChI is InChI=1S/C9H11Cl2NO4S/c1-5(16-17(12,14)15)9(13)6-2-3-7(10)8(11)4-6/h2-5,9,13H,1H3,(H2,12,14,15)/t5-,9+/m1/s1. The Bertz CT molecular complexity index is 506. The Morgan fingerprint density at radius 2 is 1.94 bits per heavy atom. The van der Waals surface area contributed by atoms with Gasteiger partial charge < -0.3 is 5.11 Å². The molecule has 2 atom stereocenters. The average molecular weight is 300 g/mol. The summed E-state index contributed by atoms with van der Waals surface area (Å²) in [6, 6.07) is 4.44. The van der Waals surface area contributed by atoms with E-state index in [2.05, 4.69) is 4.18 Å². The smallest absolute Gasteiger partial charge is 0.333 e. The summed E-state index contributed by atoms with van der Waals surface area (Å²) in [5, 5.41) is 15.1. The van der Waals surface area contributed by atoms with Crippen LogP contribution in [0.1, 0.15) is 18.6 Å². The second-order valence-electron chi connectivity index (χ2n) is 3.41. The van der Waals surface area contributed by atoms with Crippen LogP contribution in [0.3, 0.4) is 0 Å². The van der Waals surface area contributed by atoms with Crippen LogP contribution >= 0.6 is 23.2 Å². The minimum atomic E-state index is -4.11. The van der Waals surface area contributed by atoms with E-state index in [0.29, 0.717) is 10.6 Å². The Labute approximate surface area is 109 Å². The summed E-state index contributed by atoms with van der Waals surface area (Å²) in [7, 11) is -4.11. The molecule has 0 radical (unpaired) electrons. The van der Waals surface area contributed by atoms with Crippen LogP contribution in [0, 0.1) is 0 Å². The van der Waals surface area contributed by atoms with Gasteiger partial charge in [-0.1, -0.05) is 29.3 Å². The Morgan fingerprint density at radius 1 is 1.35 bits per heavy atom. The highest BCUT2D eigenvalue weighted by Gasteiger charge is 2.22. The number of aliphatic hydroxyl groups excluding tert-OH is 1. The molecule has 1 rings (SSSR count). The van der Waals surface area contributed by atoms with E-state index in [-0.39, 0.29) is 5.02 Å². The molecule has 0 bridgehead atoms. The minimum Gasteiger partial charge on any atom is -0.386 e. The summed E-state index contributed by atoms with van der Waals surface area (Å²) in [5.74, 6) is 0. The number of nitrogens with two attached hydrogens (primary N) is 1. The molecule has 5 nitrogen and oxygen atoms in total. The average Bonchev–Trinajstić information content (AvgIpc) is 2.18. The van der Waals surface area contributed by atoms with Gasteiger partial charge in [0.2, 0.25) is 0 Å². The monoisotopic (exact) mass is 299 g/mol. The van der Waals surface area contributed by atoms with Crippen molar-refractivity contribution in [1.82, 2.24) is 0 Å². The first kappa shape index (κ1) is 14.7. The van der Waals surface area contributed by atoms with Crippen molar-refractivity contribution in [2.24, 2.45) is 5.14 Å². The van der Waals surface area contributed by atoms with E-state index < -0.39 is 22.5 Å². The van der Waals surface area contributed by atoms with Gasteiger partial charge in [0.05, 0.1) is 10.0 Å². The molecule has 3 N–H and O–H groups in total. The number of benzene rings is 1. The van der Waals surface area contributed by atoms with E-state index in [1.54, 1.807) is 0 Å². The van der Waals surface area contributed by atoms with Gasteiger partial charge in [0.15, 0.2) is 0 Å². The molecule has 0 aliphatic heterocycles. The Morgan fingerprint density at radius 3 is 2.41 bits per heavy atom. The zero-order chi connectivity index (χ0) is 13.2. The molecule has 0 spiro atoms. The molecule has 8 heteroatoms. The zero-order valence-corrected chi connectivity index (χ0v) is 11.1. The van der Waals surface area contributed by atoms with Crippen LogP contribution in [0.15, 0.2) is 18.2 Å². The number of aliphatic hydroxyl groups is 1. The minimum absolute atomic E-state index is 0.256. The number of hydrogen-bond acceptors (Lipinski definition) is 4. The van der Waals surface area contributed by atoms with Crippen molar-refractivity contribution >= 4 is 33.5 Å². The van der Waals surface area contributed by atoms with E-state index >= 15 is 0 Å². The van der Waals surface area contributed by atoms with Crippen LogP contribution in [0.25, 0.3) is 0 Å². The molecule has 0 aliphatic carbocycles. The molecular weight excluding hydrogens is 289 g/mol. The maximum absolute atomic E-state index is 10.7. The van der Waals surface area contributed by atoms with Crippen molar-refractivity contribution in [3.05, 3.63) is 33.8 Å². The fourth-order valence-corrected chi connectivity index (χ4v) is 2.07. The van der Waals surface area contributed by atoms with Crippen molar-refractivity contribution < 1.29 is 17.7 Å². The highest BCUT2D eigenvalue weighted by molar-refractivity contribution is 7.84. The third-order valence-electron chi connectivity index (χ3n) is 2.02.